The van der Waals surface area contributed by atoms with E-state index >= 15 is 0 Å². The Labute approximate surface area is 162 Å². The standard InChI is InChI=1S/C21H21N3O4/c1-27-19-14-17(22-16-7-3-2-6-15(16)19)20(25)23-9-5-10-24(12-11-23)21(26)18-8-4-13-28-18/h2-4,6-8,13-14H,5,9-12H2,1H3. The Morgan fingerprint density at radius 1 is 1.00 bits per heavy atom. The topological polar surface area (TPSA) is 75.9 Å². The molecule has 3 aromatic rings. The summed E-state index contributed by atoms with van der Waals surface area (Å²) in [6, 6.07) is 12.6. The second-order valence-electron chi connectivity index (χ2n) is 6.64. The predicted molar refractivity (Wildman–Crippen MR) is 103 cm³/mol. The number of ether oxygens (including phenoxy) is 1. The second kappa shape index (κ2) is 7.72. The third-order valence-corrected chi connectivity index (χ3v) is 4.92. The molecule has 0 bridgehead atoms. The van der Waals surface area contributed by atoms with Crippen molar-refractivity contribution >= 4 is 22.7 Å². The van der Waals surface area contributed by atoms with Gasteiger partial charge in [-0.15, -0.1) is 0 Å². The lowest BCUT2D eigenvalue weighted by molar-refractivity contribution is 0.0698. The zero-order valence-corrected chi connectivity index (χ0v) is 15.6. The molecule has 1 aliphatic rings. The average Bonchev–Trinajstić information content (AvgIpc) is 3.16. The lowest BCUT2D eigenvalue weighted by atomic mass is 10.1. The van der Waals surface area contributed by atoms with E-state index in [0.717, 1.165) is 10.9 Å². The molecule has 0 aliphatic carbocycles. The number of rotatable bonds is 3. The summed E-state index contributed by atoms with van der Waals surface area (Å²) in [6.07, 6.45) is 2.18. The molecule has 7 nitrogen and oxygen atoms in total. The first kappa shape index (κ1) is 18.0. The number of pyridine rings is 1. The molecule has 1 aliphatic heterocycles. The van der Waals surface area contributed by atoms with Crippen LogP contribution in [0.15, 0.2) is 53.1 Å². The molecule has 2 aromatic heterocycles. The van der Waals surface area contributed by atoms with Gasteiger partial charge in [0.1, 0.15) is 11.4 Å². The van der Waals surface area contributed by atoms with Crippen LogP contribution in [0.4, 0.5) is 0 Å². The van der Waals surface area contributed by atoms with E-state index < -0.39 is 0 Å². The maximum atomic E-state index is 13.1. The minimum atomic E-state index is -0.156. The van der Waals surface area contributed by atoms with Crippen molar-refractivity contribution in [2.75, 3.05) is 33.3 Å². The lowest BCUT2D eigenvalue weighted by Crippen LogP contribution is -2.37. The third-order valence-electron chi connectivity index (χ3n) is 4.92. The Bertz CT molecular complexity index is 1000. The van der Waals surface area contributed by atoms with Crippen LogP contribution in [0.1, 0.15) is 27.5 Å². The summed E-state index contributed by atoms with van der Waals surface area (Å²) < 4.78 is 10.6. The van der Waals surface area contributed by atoms with Gasteiger partial charge in [0.25, 0.3) is 11.8 Å². The van der Waals surface area contributed by atoms with Gasteiger partial charge in [-0.1, -0.05) is 12.1 Å². The van der Waals surface area contributed by atoms with Gasteiger partial charge < -0.3 is 19.0 Å². The van der Waals surface area contributed by atoms with E-state index in [4.69, 9.17) is 9.15 Å². The van der Waals surface area contributed by atoms with Crippen molar-refractivity contribution in [2.45, 2.75) is 6.42 Å². The molecule has 2 amide bonds. The SMILES string of the molecule is COc1cc(C(=O)N2CCCN(C(=O)c3ccco3)CC2)nc2ccccc12. The Balaban J connectivity index is 1.52. The fourth-order valence-electron chi connectivity index (χ4n) is 3.46. The number of benzene rings is 1. The number of aromatic nitrogens is 1. The van der Waals surface area contributed by atoms with Gasteiger partial charge in [-0.2, -0.15) is 0 Å². The van der Waals surface area contributed by atoms with Gasteiger partial charge in [-0.3, -0.25) is 9.59 Å². The number of carbonyl (C=O) groups is 2. The highest BCUT2D eigenvalue weighted by Crippen LogP contribution is 2.25. The van der Waals surface area contributed by atoms with Gasteiger partial charge in [0, 0.05) is 37.6 Å². The number of nitrogens with zero attached hydrogens (tertiary/aromatic N) is 3. The molecule has 0 N–H and O–H groups in total. The van der Waals surface area contributed by atoms with Gasteiger partial charge >= 0.3 is 0 Å². The number of amides is 2. The zero-order chi connectivity index (χ0) is 19.5. The van der Waals surface area contributed by atoms with Crippen LogP contribution in [-0.2, 0) is 0 Å². The van der Waals surface area contributed by atoms with E-state index in [9.17, 15) is 9.59 Å². The fourth-order valence-corrected chi connectivity index (χ4v) is 3.46. The van der Waals surface area contributed by atoms with Crippen LogP contribution in [0.25, 0.3) is 10.9 Å². The number of furan rings is 1. The van der Waals surface area contributed by atoms with E-state index in [-0.39, 0.29) is 11.8 Å². The van der Waals surface area contributed by atoms with Crippen LogP contribution in [-0.4, -0.2) is 59.9 Å². The van der Waals surface area contributed by atoms with E-state index in [1.165, 1.54) is 6.26 Å². The molecular weight excluding hydrogens is 358 g/mol. The number of fused-ring (bicyclic) bond motifs is 1. The van der Waals surface area contributed by atoms with Gasteiger partial charge in [0.2, 0.25) is 0 Å². The fraction of sp³-hybridized carbons (Fsp3) is 0.286. The number of para-hydroxylation sites is 1. The van der Waals surface area contributed by atoms with Crippen LogP contribution in [0.3, 0.4) is 0 Å². The number of hydrogen-bond acceptors (Lipinski definition) is 5. The molecule has 1 saturated heterocycles. The quantitative estimate of drug-likeness (QED) is 0.699. The summed E-state index contributed by atoms with van der Waals surface area (Å²) >= 11 is 0. The zero-order valence-electron chi connectivity index (χ0n) is 15.6. The Morgan fingerprint density at radius 3 is 2.46 bits per heavy atom. The highest BCUT2D eigenvalue weighted by atomic mass is 16.5. The van der Waals surface area contributed by atoms with Crippen molar-refractivity contribution in [1.82, 2.24) is 14.8 Å². The summed E-state index contributed by atoms with van der Waals surface area (Å²) in [5, 5.41) is 0.868. The summed E-state index contributed by atoms with van der Waals surface area (Å²) in [7, 11) is 1.58. The van der Waals surface area contributed by atoms with Gasteiger partial charge in [-0.25, -0.2) is 4.98 Å². The smallest absolute Gasteiger partial charge is 0.289 e. The maximum Gasteiger partial charge on any atom is 0.289 e. The summed E-state index contributed by atoms with van der Waals surface area (Å²) in [6.45, 7) is 2.05. The highest BCUT2D eigenvalue weighted by Gasteiger charge is 2.25. The third kappa shape index (κ3) is 3.43. The Morgan fingerprint density at radius 2 is 1.75 bits per heavy atom. The largest absolute Gasteiger partial charge is 0.496 e. The van der Waals surface area contributed by atoms with Gasteiger partial charge in [0.15, 0.2) is 5.76 Å². The van der Waals surface area contributed by atoms with Crippen molar-refractivity contribution in [3.8, 4) is 5.75 Å². The van der Waals surface area contributed by atoms with Crippen molar-refractivity contribution < 1.29 is 18.7 Å². The Kier molecular flexibility index (Phi) is 4.97. The molecule has 144 valence electrons. The van der Waals surface area contributed by atoms with Crippen LogP contribution in [0.2, 0.25) is 0 Å². The van der Waals surface area contributed by atoms with Crippen molar-refractivity contribution in [3.05, 3.63) is 60.2 Å². The van der Waals surface area contributed by atoms with E-state index in [0.29, 0.717) is 49.8 Å². The molecule has 0 atom stereocenters. The first-order valence-electron chi connectivity index (χ1n) is 9.23. The molecule has 3 heterocycles. The monoisotopic (exact) mass is 379 g/mol. The number of hydrogen-bond donors (Lipinski definition) is 0. The lowest BCUT2D eigenvalue weighted by Gasteiger charge is -2.21. The molecule has 1 fully saturated rings. The number of methoxy groups -OCH3 is 1. The average molecular weight is 379 g/mol. The summed E-state index contributed by atoms with van der Waals surface area (Å²) in [4.78, 5) is 33.5. The van der Waals surface area contributed by atoms with Crippen LogP contribution in [0.5, 0.6) is 5.75 Å². The van der Waals surface area contributed by atoms with Crippen LogP contribution >= 0.6 is 0 Å². The van der Waals surface area contributed by atoms with E-state index in [2.05, 4.69) is 4.98 Å². The van der Waals surface area contributed by atoms with Crippen LogP contribution in [0, 0.1) is 0 Å². The van der Waals surface area contributed by atoms with Gasteiger partial charge in [-0.05, 0) is 30.7 Å². The molecular formula is C21H21N3O4. The highest BCUT2D eigenvalue weighted by molar-refractivity contribution is 5.97. The maximum absolute atomic E-state index is 13.1. The van der Waals surface area contributed by atoms with Crippen LogP contribution < -0.4 is 4.74 Å². The molecule has 1 aromatic carbocycles. The Hall–Kier alpha value is -3.35. The first-order chi connectivity index (χ1) is 13.7. The normalized spacial score (nSPS) is 14.8. The number of carbonyl (C=O) groups excluding carboxylic acids is 2. The molecule has 0 unspecified atom stereocenters. The van der Waals surface area contributed by atoms with Crippen molar-refractivity contribution in [1.29, 1.82) is 0 Å². The minimum Gasteiger partial charge on any atom is -0.496 e. The molecule has 0 radical (unpaired) electrons. The van der Waals surface area contributed by atoms with E-state index in [1.807, 2.05) is 24.3 Å². The molecule has 28 heavy (non-hydrogen) atoms. The predicted octanol–water partition coefficient (Wildman–Crippen LogP) is 2.82. The molecule has 0 saturated carbocycles. The summed E-state index contributed by atoms with van der Waals surface area (Å²) in [5.74, 6) is 0.639. The molecule has 0 spiro atoms. The van der Waals surface area contributed by atoms with E-state index in [1.54, 1.807) is 35.1 Å². The van der Waals surface area contributed by atoms with Crippen molar-refractivity contribution in [3.63, 3.8) is 0 Å². The van der Waals surface area contributed by atoms with Gasteiger partial charge in [0.05, 0.1) is 18.9 Å². The minimum absolute atomic E-state index is 0.148. The first-order valence-corrected chi connectivity index (χ1v) is 9.23. The summed E-state index contributed by atoms with van der Waals surface area (Å²) in [5.41, 5.74) is 1.07. The molecule has 4 rings (SSSR count). The van der Waals surface area contributed by atoms with Crippen molar-refractivity contribution in [2.24, 2.45) is 0 Å². The second-order valence-corrected chi connectivity index (χ2v) is 6.64. The molecule has 7 heteroatoms.